The van der Waals surface area contributed by atoms with Gasteiger partial charge in [-0.3, -0.25) is 4.90 Å². The second kappa shape index (κ2) is 8.13. The van der Waals surface area contributed by atoms with Gasteiger partial charge in [0.2, 0.25) is 0 Å². The molecule has 7 heteroatoms. The number of hydrogen-bond donors (Lipinski definition) is 1. The highest BCUT2D eigenvalue weighted by molar-refractivity contribution is 5.90. The lowest BCUT2D eigenvalue weighted by Gasteiger charge is -2.42. The summed E-state index contributed by atoms with van der Waals surface area (Å²) in [7, 11) is 0. The zero-order valence-electron chi connectivity index (χ0n) is 20.8. The molecule has 4 aromatic rings. The van der Waals surface area contributed by atoms with E-state index in [4.69, 9.17) is 4.98 Å². The summed E-state index contributed by atoms with van der Waals surface area (Å²) in [6.45, 7) is 18.8. The molecule has 1 aliphatic rings. The topological polar surface area (TPSA) is 65.4 Å². The van der Waals surface area contributed by atoms with Crippen molar-refractivity contribution in [3.8, 4) is 11.3 Å². The highest BCUT2D eigenvalue weighted by Crippen LogP contribution is 2.38. The monoisotopic (exact) mass is 445 g/mol. The van der Waals surface area contributed by atoms with E-state index in [0.717, 1.165) is 59.0 Å². The second-order valence-corrected chi connectivity index (χ2v) is 10.1. The summed E-state index contributed by atoms with van der Waals surface area (Å²) in [5.41, 5.74) is 9.02. The molecule has 5 rings (SSSR count). The van der Waals surface area contributed by atoms with Gasteiger partial charge >= 0.3 is 0 Å². The number of nitrogens with one attached hydrogen (secondary N) is 1. The molecule has 1 fully saturated rings. The van der Waals surface area contributed by atoms with Crippen molar-refractivity contribution in [3.05, 3.63) is 41.3 Å². The molecular weight excluding hydrogens is 410 g/mol. The molecule has 1 atom stereocenters. The van der Waals surface area contributed by atoms with Gasteiger partial charge in [0.25, 0.3) is 0 Å². The molecule has 5 heterocycles. The maximum atomic E-state index is 5.23. The first-order chi connectivity index (χ1) is 15.8. The molecule has 0 aliphatic carbocycles. The summed E-state index contributed by atoms with van der Waals surface area (Å²) in [6.07, 6.45) is 3.71. The Labute approximate surface area is 195 Å². The van der Waals surface area contributed by atoms with Crippen LogP contribution in [0.2, 0.25) is 0 Å². The lowest BCUT2D eigenvalue weighted by atomic mass is 9.95. The number of fused-ring (bicyclic) bond motifs is 2. The van der Waals surface area contributed by atoms with Crippen molar-refractivity contribution in [1.29, 1.82) is 0 Å². The fraction of sp³-hybridized carbons (Fsp3) is 0.500. The first kappa shape index (κ1) is 21.9. The van der Waals surface area contributed by atoms with Gasteiger partial charge in [-0.2, -0.15) is 5.10 Å². The third kappa shape index (κ3) is 3.59. The van der Waals surface area contributed by atoms with Crippen LogP contribution in [0.4, 0.5) is 5.82 Å². The van der Waals surface area contributed by atoms with Crippen LogP contribution in [-0.2, 0) is 0 Å². The van der Waals surface area contributed by atoms with Gasteiger partial charge in [-0.15, -0.1) is 0 Å². The Morgan fingerprint density at radius 1 is 1.06 bits per heavy atom. The van der Waals surface area contributed by atoms with Crippen molar-refractivity contribution >= 4 is 22.5 Å². The van der Waals surface area contributed by atoms with Crippen molar-refractivity contribution in [2.24, 2.45) is 0 Å². The fourth-order valence-corrected chi connectivity index (χ4v) is 5.26. The number of nitrogens with zero attached hydrogens (tertiary/aromatic N) is 6. The van der Waals surface area contributed by atoms with Crippen LogP contribution in [0, 0.1) is 13.8 Å². The molecule has 0 unspecified atom stereocenters. The van der Waals surface area contributed by atoms with Gasteiger partial charge in [0.15, 0.2) is 5.65 Å². The normalized spacial score (nSPS) is 17.8. The van der Waals surface area contributed by atoms with Crippen LogP contribution in [0.1, 0.15) is 57.2 Å². The van der Waals surface area contributed by atoms with Gasteiger partial charge in [0.05, 0.1) is 16.7 Å². The molecule has 33 heavy (non-hydrogen) atoms. The molecule has 174 valence electrons. The number of anilines is 1. The molecule has 0 amide bonds. The smallest absolute Gasteiger partial charge is 0.158 e. The van der Waals surface area contributed by atoms with E-state index in [-0.39, 0.29) is 0 Å². The molecular formula is C26H35N7. The highest BCUT2D eigenvalue weighted by Gasteiger charge is 2.27. The number of hydrogen-bond acceptors (Lipinski definition) is 5. The molecule has 0 bridgehead atoms. The summed E-state index contributed by atoms with van der Waals surface area (Å²) >= 11 is 0. The molecule has 0 spiro atoms. The van der Waals surface area contributed by atoms with Gasteiger partial charge < -0.3 is 9.88 Å². The van der Waals surface area contributed by atoms with Crippen molar-refractivity contribution in [1.82, 2.24) is 29.5 Å². The maximum absolute atomic E-state index is 5.23. The summed E-state index contributed by atoms with van der Waals surface area (Å²) in [5, 5.41) is 4.40. The fourth-order valence-electron chi connectivity index (χ4n) is 5.26. The van der Waals surface area contributed by atoms with E-state index in [1.54, 1.807) is 6.33 Å². The lowest BCUT2D eigenvalue weighted by molar-refractivity contribution is 0.185. The Kier molecular flexibility index (Phi) is 5.40. The maximum Gasteiger partial charge on any atom is 0.158 e. The number of aryl methyl sites for hydroxylation is 1. The number of aromatic amines is 1. The van der Waals surface area contributed by atoms with Crippen LogP contribution < -0.4 is 4.90 Å². The Morgan fingerprint density at radius 3 is 2.55 bits per heavy atom. The van der Waals surface area contributed by atoms with Gasteiger partial charge in [0, 0.05) is 49.0 Å². The molecule has 1 N–H and O–H groups in total. The average Bonchev–Trinajstić information content (AvgIpc) is 3.40. The van der Waals surface area contributed by atoms with E-state index < -0.39 is 0 Å². The van der Waals surface area contributed by atoms with Crippen LogP contribution in [0.5, 0.6) is 0 Å². The van der Waals surface area contributed by atoms with E-state index in [1.165, 1.54) is 11.1 Å². The van der Waals surface area contributed by atoms with Crippen LogP contribution in [0.15, 0.2) is 24.7 Å². The molecule has 1 saturated heterocycles. The lowest BCUT2D eigenvalue weighted by Crippen LogP contribution is -2.54. The standard InChI is InChI=1S/C26H35N7/c1-15(2)23-24(20-13-33-26(27-14-28-33)19(7)18(20)6)29-21-8-9-22(30-25(21)23)32-11-10-31(16(3)4)12-17(32)5/h8-9,13-17,29H,10-12H2,1-7H3/t17-/m1/s1. The van der Waals surface area contributed by atoms with Gasteiger partial charge in [0.1, 0.15) is 12.1 Å². The minimum absolute atomic E-state index is 0.331. The Balaban J connectivity index is 1.62. The van der Waals surface area contributed by atoms with Gasteiger partial charge in [-0.25, -0.2) is 14.5 Å². The number of aromatic nitrogens is 5. The predicted molar refractivity (Wildman–Crippen MR) is 135 cm³/mol. The quantitative estimate of drug-likeness (QED) is 0.482. The third-order valence-corrected chi connectivity index (χ3v) is 7.32. The Bertz CT molecular complexity index is 1310. The van der Waals surface area contributed by atoms with E-state index >= 15 is 0 Å². The van der Waals surface area contributed by atoms with Gasteiger partial charge in [-0.1, -0.05) is 13.8 Å². The number of piperazine rings is 1. The molecule has 1 aliphatic heterocycles. The molecule has 7 nitrogen and oxygen atoms in total. The first-order valence-electron chi connectivity index (χ1n) is 12.1. The molecule has 4 aromatic heterocycles. The average molecular weight is 446 g/mol. The van der Waals surface area contributed by atoms with Crippen molar-refractivity contribution in [2.45, 2.75) is 66.5 Å². The number of rotatable bonds is 4. The number of pyridine rings is 2. The summed E-state index contributed by atoms with van der Waals surface area (Å²) in [6, 6.07) is 5.39. The van der Waals surface area contributed by atoms with Crippen molar-refractivity contribution in [2.75, 3.05) is 24.5 Å². The van der Waals surface area contributed by atoms with Gasteiger partial charge in [-0.05, 0) is 63.8 Å². The van der Waals surface area contributed by atoms with E-state index in [2.05, 4.69) is 91.7 Å². The Morgan fingerprint density at radius 2 is 1.85 bits per heavy atom. The molecule has 0 saturated carbocycles. The largest absolute Gasteiger partial charge is 0.353 e. The van der Waals surface area contributed by atoms with E-state index in [9.17, 15) is 0 Å². The Hall–Kier alpha value is -2.93. The second-order valence-electron chi connectivity index (χ2n) is 10.1. The van der Waals surface area contributed by atoms with Crippen LogP contribution >= 0.6 is 0 Å². The van der Waals surface area contributed by atoms with Crippen molar-refractivity contribution < 1.29 is 0 Å². The molecule has 0 aromatic carbocycles. The zero-order chi connectivity index (χ0) is 23.4. The summed E-state index contributed by atoms with van der Waals surface area (Å²) < 4.78 is 1.88. The van der Waals surface area contributed by atoms with Crippen LogP contribution in [0.25, 0.3) is 27.9 Å². The van der Waals surface area contributed by atoms with E-state index in [1.807, 2.05) is 4.52 Å². The third-order valence-electron chi connectivity index (χ3n) is 7.32. The van der Waals surface area contributed by atoms with Crippen molar-refractivity contribution in [3.63, 3.8) is 0 Å². The SMILES string of the molecule is Cc1c(-c2[nH]c3ccc(N4CCN(C(C)C)C[C@H]4C)nc3c2C(C)C)cn2ncnc2c1C. The minimum atomic E-state index is 0.331. The minimum Gasteiger partial charge on any atom is -0.353 e. The van der Waals surface area contributed by atoms with E-state index in [0.29, 0.717) is 18.0 Å². The summed E-state index contributed by atoms with van der Waals surface area (Å²) in [4.78, 5) is 18.4. The first-order valence-corrected chi connectivity index (χ1v) is 12.1. The predicted octanol–water partition coefficient (Wildman–Crippen LogP) is 4.93. The van der Waals surface area contributed by atoms with Crippen LogP contribution in [-0.4, -0.2) is 61.2 Å². The summed E-state index contributed by atoms with van der Waals surface area (Å²) in [5.74, 6) is 1.41. The molecule has 0 radical (unpaired) electrons. The number of H-pyrrole nitrogens is 1. The highest BCUT2D eigenvalue weighted by atomic mass is 15.3. The van der Waals surface area contributed by atoms with Crippen LogP contribution in [0.3, 0.4) is 0 Å². The zero-order valence-corrected chi connectivity index (χ0v) is 20.8.